The lowest BCUT2D eigenvalue weighted by atomic mass is 9.79. The Morgan fingerprint density at radius 3 is 2.52 bits per heavy atom. The summed E-state index contributed by atoms with van der Waals surface area (Å²) in [5, 5.41) is 7.12. The first kappa shape index (κ1) is 23.3. The number of aromatic nitrogens is 1. The maximum Gasteiger partial charge on any atom is 0.490 e. The van der Waals surface area contributed by atoms with Gasteiger partial charge in [-0.25, -0.2) is 9.78 Å². The predicted octanol–water partition coefficient (Wildman–Crippen LogP) is 3.29. The molecule has 1 atom stereocenters. The summed E-state index contributed by atoms with van der Waals surface area (Å²) in [6.45, 7) is 3.08. The molecule has 10 heteroatoms. The molecule has 1 saturated carbocycles. The van der Waals surface area contributed by atoms with E-state index in [0.29, 0.717) is 30.2 Å². The molecule has 3 aliphatic rings. The number of carbonyl (C=O) groups excluding carboxylic acids is 1. The van der Waals surface area contributed by atoms with Gasteiger partial charge < -0.3 is 19.5 Å². The number of rotatable bonds is 6. The minimum absolute atomic E-state index is 0.0763. The normalized spacial score (nSPS) is 22.2. The quantitative estimate of drug-likeness (QED) is 0.724. The summed E-state index contributed by atoms with van der Waals surface area (Å²) >= 11 is 0. The SMILES string of the molecule is O=C(CC1CC1)N1CC2(CC(CCOc3ccccn3)CCO2)C1.O=C(O)C(F)(F)F. The second-order valence-corrected chi connectivity index (χ2v) is 8.40. The van der Waals surface area contributed by atoms with Crippen molar-refractivity contribution in [2.45, 2.75) is 50.3 Å². The van der Waals surface area contributed by atoms with E-state index in [9.17, 15) is 18.0 Å². The number of carboxylic acids is 1. The van der Waals surface area contributed by atoms with Crippen LogP contribution in [-0.2, 0) is 14.3 Å². The molecule has 172 valence electrons. The van der Waals surface area contributed by atoms with Crippen LogP contribution in [0.3, 0.4) is 0 Å². The topological polar surface area (TPSA) is 89.0 Å². The molecule has 0 radical (unpaired) electrons. The predicted molar refractivity (Wildman–Crippen MR) is 103 cm³/mol. The fourth-order valence-electron chi connectivity index (χ4n) is 3.88. The van der Waals surface area contributed by atoms with Crippen LogP contribution in [0, 0.1) is 11.8 Å². The molecule has 4 rings (SSSR count). The molecular formula is C21H27F3N2O5. The lowest BCUT2D eigenvalue weighted by Crippen LogP contribution is -2.66. The summed E-state index contributed by atoms with van der Waals surface area (Å²) in [6, 6.07) is 5.72. The zero-order chi connectivity index (χ0) is 22.5. The fourth-order valence-corrected chi connectivity index (χ4v) is 3.88. The second kappa shape index (κ2) is 9.84. The van der Waals surface area contributed by atoms with Crippen molar-refractivity contribution in [3.8, 4) is 5.88 Å². The van der Waals surface area contributed by atoms with Crippen LogP contribution < -0.4 is 4.74 Å². The number of ether oxygens (including phenoxy) is 2. The largest absolute Gasteiger partial charge is 0.490 e. The minimum atomic E-state index is -5.08. The summed E-state index contributed by atoms with van der Waals surface area (Å²) in [5.41, 5.74) is -0.0763. The Morgan fingerprint density at radius 2 is 1.94 bits per heavy atom. The fraction of sp³-hybridized carbons (Fsp3) is 0.667. The van der Waals surface area contributed by atoms with E-state index >= 15 is 0 Å². The van der Waals surface area contributed by atoms with Gasteiger partial charge in [0.2, 0.25) is 11.8 Å². The smallest absolute Gasteiger partial charge is 0.478 e. The van der Waals surface area contributed by atoms with E-state index < -0.39 is 12.1 Å². The monoisotopic (exact) mass is 444 g/mol. The van der Waals surface area contributed by atoms with Crippen LogP contribution in [0.5, 0.6) is 5.88 Å². The highest BCUT2D eigenvalue weighted by Crippen LogP contribution is 2.40. The third-order valence-electron chi connectivity index (χ3n) is 5.72. The van der Waals surface area contributed by atoms with E-state index in [-0.39, 0.29) is 5.60 Å². The molecule has 0 bridgehead atoms. The van der Waals surface area contributed by atoms with Gasteiger partial charge >= 0.3 is 12.1 Å². The van der Waals surface area contributed by atoms with Crippen molar-refractivity contribution in [1.29, 1.82) is 0 Å². The number of aliphatic carboxylic acids is 1. The highest BCUT2D eigenvalue weighted by molar-refractivity contribution is 5.78. The van der Waals surface area contributed by atoms with Gasteiger partial charge in [-0.2, -0.15) is 13.2 Å². The summed E-state index contributed by atoms with van der Waals surface area (Å²) in [4.78, 5) is 27.2. The third-order valence-corrected chi connectivity index (χ3v) is 5.72. The van der Waals surface area contributed by atoms with Crippen LogP contribution in [0.25, 0.3) is 0 Å². The lowest BCUT2D eigenvalue weighted by molar-refractivity contribution is -0.192. The zero-order valence-corrected chi connectivity index (χ0v) is 17.1. The molecule has 1 spiro atoms. The number of carbonyl (C=O) groups is 2. The van der Waals surface area contributed by atoms with Gasteiger partial charge in [0.25, 0.3) is 0 Å². The Morgan fingerprint density at radius 1 is 1.23 bits per heavy atom. The Hall–Kier alpha value is -2.36. The second-order valence-electron chi connectivity index (χ2n) is 8.40. The Labute approximate surface area is 178 Å². The first-order chi connectivity index (χ1) is 14.7. The molecule has 1 unspecified atom stereocenters. The molecule has 0 aromatic carbocycles. The van der Waals surface area contributed by atoms with Crippen molar-refractivity contribution in [3.05, 3.63) is 24.4 Å². The maximum absolute atomic E-state index is 12.2. The van der Waals surface area contributed by atoms with Crippen molar-refractivity contribution in [2.75, 3.05) is 26.3 Å². The Balaban J connectivity index is 0.000000339. The number of carboxylic acid groups (broad SMARTS) is 1. The molecular weight excluding hydrogens is 417 g/mol. The van der Waals surface area contributed by atoms with Crippen LogP contribution in [0.2, 0.25) is 0 Å². The van der Waals surface area contributed by atoms with Gasteiger partial charge in [-0.1, -0.05) is 6.07 Å². The van der Waals surface area contributed by atoms with Gasteiger partial charge in [0, 0.05) is 25.3 Å². The number of hydrogen-bond donors (Lipinski definition) is 1. The van der Waals surface area contributed by atoms with E-state index in [0.717, 1.165) is 45.4 Å². The number of halogens is 3. The molecule has 1 aromatic heterocycles. The van der Waals surface area contributed by atoms with Crippen molar-refractivity contribution >= 4 is 11.9 Å². The zero-order valence-electron chi connectivity index (χ0n) is 17.1. The molecule has 31 heavy (non-hydrogen) atoms. The van der Waals surface area contributed by atoms with Crippen molar-refractivity contribution in [2.24, 2.45) is 11.8 Å². The van der Waals surface area contributed by atoms with Gasteiger partial charge in [-0.15, -0.1) is 0 Å². The summed E-state index contributed by atoms with van der Waals surface area (Å²) in [6.07, 6.45) is 3.05. The van der Waals surface area contributed by atoms with Crippen LogP contribution in [0.15, 0.2) is 24.4 Å². The Kier molecular flexibility index (Phi) is 7.40. The van der Waals surface area contributed by atoms with Crippen LogP contribution in [-0.4, -0.2) is 64.9 Å². The molecule has 2 saturated heterocycles. The number of alkyl halides is 3. The number of amides is 1. The number of pyridine rings is 1. The molecule has 1 aromatic rings. The van der Waals surface area contributed by atoms with Crippen LogP contribution in [0.4, 0.5) is 13.2 Å². The van der Waals surface area contributed by atoms with Gasteiger partial charge in [-0.05, 0) is 50.0 Å². The average Bonchev–Trinajstić information content (AvgIpc) is 3.51. The van der Waals surface area contributed by atoms with Crippen molar-refractivity contribution in [3.63, 3.8) is 0 Å². The van der Waals surface area contributed by atoms with E-state index in [1.165, 1.54) is 12.8 Å². The summed E-state index contributed by atoms with van der Waals surface area (Å²) in [5.74, 6) is -0.458. The van der Waals surface area contributed by atoms with Gasteiger partial charge in [0.05, 0.1) is 19.7 Å². The van der Waals surface area contributed by atoms with E-state index in [1.807, 2.05) is 23.1 Å². The summed E-state index contributed by atoms with van der Waals surface area (Å²) in [7, 11) is 0. The molecule has 2 aliphatic heterocycles. The third kappa shape index (κ3) is 7.09. The lowest BCUT2D eigenvalue weighted by Gasteiger charge is -2.53. The first-order valence-corrected chi connectivity index (χ1v) is 10.4. The molecule has 1 amide bonds. The molecule has 1 N–H and O–H groups in total. The minimum Gasteiger partial charge on any atom is -0.478 e. The molecule has 3 fully saturated rings. The molecule has 7 nitrogen and oxygen atoms in total. The summed E-state index contributed by atoms with van der Waals surface area (Å²) < 4.78 is 43.5. The van der Waals surface area contributed by atoms with Gasteiger partial charge in [0.1, 0.15) is 5.60 Å². The van der Waals surface area contributed by atoms with E-state index in [1.54, 1.807) is 6.20 Å². The first-order valence-electron chi connectivity index (χ1n) is 10.4. The maximum atomic E-state index is 12.2. The van der Waals surface area contributed by atoms with Crippen molar-refractivity contribution in [1.82, 2.24) is 9.88 Å². The number of likely N-dealkylation sites (tertiary alicyclic amines) is 1. The van der Waals surface area contributed by atoms with Crippen LogP contribution in [0.1, 0.15) is 38.5 Å². The van der Waals surface area contributed by atoms with E-state index in [2.05, 4.69) is 4.98 Å². The Bertz CT molecular complexity index is 749. The average molecular weight is 444 g/mol. The number of nitrogens with zero attached hydrogens (tertiary/aromatic N) is 2. The van der Waals surface area contributed by atoms with Crippen LogP contribution >= 0.6 is 0 Å². The highest BCUT2D eigenvalue weighted by atomic mass is 19.4. The molecule has 1 aliphatic carbocycles. The number of hydrogen-bond acceptors (Lipinski definition) is 5. The van der Waals surface area contributed by atoms with E-state index in [4.69, 9.17) is 19.4 Å². The highest BCUT2D eigenvalue weighted by Gasteiger charge is 2.49. The molecule has 3 heterocycles. The van der Waals surface area contributed by atoms with Crippen molar-refractivity contribution < 1.29 is 37.3 Å². The standard InChI is InChI=1S/C19H26N2O3.C2HF3O2/c22-18(11-15-4-5-15)21-13-19(14-21)12-16(7-10-24-19)6-9-23-17-3-1-2-8-20-17;3-2(4,5)1(6)7/h1-3,8,15-16H,4-7,9-14H2;(H,6,7). The van der Waals surface area contributed by atoms with Gasteiger partial charge in [-0.3, -0.25) is 4.79 Å². The van der Waals surface area contributed by atoms with Gasteiger partial charge in [0.15, 0.2) is 0 Å².